The zero-order valence-electron chi connectivity index (χ0n) is 13.8. The Kier molecular flexibility index (Phi) is 5.26. The van der Waals surface area contributed by atoms with Crippen molar-refractivity contribution in [2.45, 2.75) is 6.54 Å². The Bertz CT molecular complexity index is 912. The zero-order chi connectivity index (χ0) is 17.5. The summed E-state index contributed by atoms with van der Waals surface area (Å²) >= 11 is 0. The van der Waals surface area contributed by atoms with Gasteiger partial charge in [-0.05, 0) is 29.7 Å². The maximum absolute atomic E-state index is 12.1. The summed E-state index contributed by atoms with van der Waals surface area (Å²) in [7, 11) is 0. The number of carbonyl (C=O) groups is 1. The minimum absolute atomic E-state index is 0.193. The molecule has 1 heterocycles. The molecule has 5 nitrogen and oxygen atoms in total. The lowest BCUT2D eigenvalue weighted by molar-refractivity contribution is -0.121. The quantitative estimate of drug-likeness (QED) is 0.409. The summed E-state index contributed by atoms with van der Waals surface area (Å²) < 4.78 is 7.44. The fourth-order valence-corrected chi connectivity index (χ4v) is 2.51. The standard InChI is InChI=1S/C20H19N3O2/c1-2-13-25-19-10-6-4-8-17(19)14-21-22-20(24)15-23-12-11-16-7-3-5-9-18(16)23/h2-12,14H,1,13,15H2,(H,22,24)/b21-14+. The Morgan fingerprint density at radius 2 is 1.96 bits per heavy atom. The molecule has 1 amide bonds. The molecule has 0 fully saturated rings. The summed E-state index contributed by atoms with van der Waals surface area (Å²) in [6.07, 6.45) is 5.15. The Balaban J connectivity index is 1.62. The second-order valence-corrected chi connectivity index (χ2v) is 5.43. The van der Waals surface area contributed by atoms with Gasteiger partial charge >= 0.3 is 0 Å². The van der Waals surface area contributed by atoms with Crippen molar-refractivity contribution >= 4 is 23.0 Å². The van der Waals surface area contributed by atoms with E-state index >= 15 is 0 Å². The molecule has 3 rings (SSSR count). The van der Waals surface area contributed by atoms with Crippen molar-refractivity contribution in [3.8, 4) is 5.75 Å². The summed E-state index contributed by atoms with van der Waals surface area (Å²) in [5, 5.41) is 5.13. The van der Waals surface area contributed by atoms with Crippen molar-refractivity contribution < 1.29 is 9.53 Å². The third-order valence-electron chi connectivity index (χ3n) is 3.66. The summed E-state index contributed by atoms with van der Waals surface area (Å²) in [4.78, 5) is 12.1. The van der Waals surface area contributed by atoms with Gasteiger partial charge < -0.3 is 9.30 Å². The van der Waals surface area contributed by atoms with E-state index in [2.05, 4.69) is 17.1 Å². The number of fused-ring (bicyclic) bond motifs is 1. The Hall–Kier alpha value is -3.34. The van der Waals surface area contributed by atoms with Gasteiger partial charge in [0.05, 0.1) is 6.21 Å². The Morgan fingerprint density at radius 1 is 1.16 bits per heavy atom. The van der Waals surface area contributed by atoms with Gasteiger partial charge in [0.1, 0.15) is 18.9 Å². The van der Waals surface area contributed by atoms with Gasteiger partial charge in [0.15, 0.2) is 0 Å². The molecule has 1 N–H and O–H groups in total. The van der Waals surface area contributed by atoms with Crippen LogP contribution in [0, 0.1) is 0 Å². The van der Waals surface area contributed by atoms with Crippen LogP contribution in [0.15, 0.2) is 78.6 Å². The van der Waals surface area contributed by atoms with Crippen LogP contribution in [0.5, 0.6) is 5.75 Å². The molecule has 0 atom stereocenters. The van der Waals surface area contributed by atoms with Crippen molar-refractivity contribution in [3.05, 3.63) is 79.0 Å². The van der Waals surface area contributed by atoms with Crippen LogP contribution in [0.1, 0.15) is 5.56 Å². The number of nitrogens with one attached hydrogen (secondary N) is 1. The molecule has 0 saturated carbocycles. The van der Waals surface area contributed by atoms with E-state index in [1.807, 2.05) is 65.4 Å². The highest BCUT2D eigenvalue weighted by atomic mass is 16.5. The number of amides is 1. The smallest absolute Gasteiger partial charge is 0.259 e. The molecule has 25 heavy (non-hydrogen) atoms. The number of hydrogen-bond donors (Lipinski definition) is 1. The number of rotatable bonds is 7. The fraction of sp³-hybridized carbons (Fsp3) is 0.100. The largest absolute Gasteiger partial charge is 0.489 e. The van der Waals surface area contributed by atoms with E-state index in [0.29, 0.717) is 12.4 Å². The maximum atomic E-state index is 12.1. The molecule has 0 saturated heterocycles. The van der Waals surface area contributed by atoms with E-state index in [9.17, 15) is 4.79 Å². The van der Waals surface area contributed by atoms with Crippen LogP contribution in [0.4, 0.5) is 0 Å². The van der Waals surface area contributed by atoms with Gasteiger partial charge in [-0.25, -0.2) is 5.43 Å². The van der Waals surface area contributed by atoms with Crippen LogP contribution in [-0.2, 0) is 11.3 Å². The van der Waals surface area contributed by atoms with Crippen LogP contribution >= 0.6 is 0 Å². The van der Waals surface area contributed by atoms with Gasteiger partial charge in [-0.1, -0.05) is 43.0 Å². The number of nitrogens with zero attached hydrogens (tertiary/aromatic N) is 2. The predicted octanol–water partition coefficient (Wildman–Crippen LogP) is 3.36. The van der Waals surface area contributed by atoms with Crippen LogP contribution in [0.25, 0.3) is 10.9 Å². The number of aromatic nitrogens is 1. The van der Waals surface area contributed by atoms with Crippen molar-refractivity contribution in [1.29, 1.82) is 0 Å². The summed E-state index contributed by atoms with van der Waals surface area (Å²) in [5.41, 5.74) is 4.36. The summed E-state index contributed by atoms with van der Waals surface area (Å²) in [6.45, 7) is 4.25. The van der Waals surface area contributed by atoms with E-state index in [0.717, 1.165) is 16.5 Å². The van der Waals surface area contributed by atoms with Crippen LogP contribution < -0.4 is 10.2 Å². The Morgan fingerprint density at radius 3 is 2.84 bits per heavy atom. The molecule has 2 aromatic carbocycles. The Labute approximate surface area is 146 Å². The zero-order valence-corrected chi connectivity index (χ0v) is 13.8. The molecule has 0 spiro atoms. The topological polar surface area (TPSA) is 55.6 Å². The number of hydrogen-bond acceptors (Lipinski definition) is 3. The first-order chi connectivity index (χ1) is 12.3. The molecule has 126 valence electrons. The average molecular weight is 333 g/mol. The predicted molar refractivity (Wildman–Crippen MR) is 99.8 cm³/mol. The first-order valence-electron chi connectivity index (χ1n) is 7.96. The lowest BCUT2D eigenvalue weighted by atomic mass is 10.2. The van der Waals surface area contributed by atoms with Gasteiger partial charge in [0.2, 0.25) is 0 Å². The highest BCUT2D eigenvalue weighted by Gasteiger charge is 2.05. The van der Waals surface area contributed by atoms with Crippen molar-refractivity contribution in [3.63, 3.8) is 0 Å². The highest BCUT2D eigenvalue weighted by molar-refractivity contribution is 5.86. The molecule has 0 bridgehead atoms. The highest BCUT2D eigenvalue weighted by Crippen LogP contribution is 2.16. The minimum Gasteiger partial charge on any atom is -0.489 e. The average Bonchev–Trinajstić information content (AvgIpc) is 3.04. The molecule has 0 radical (unpaired) electrons. The number of benzene rings is 2. The van der Waals surface area contributed by atoms with Gasteiger partial charge in [0.25, 0.3) is 5.91 Å². The monoisotopic (exact) mass is 333 g/mol. The second-order valence-electron chi connectivity index (χ2n) is 5.43. The van der Waals surface area contributed by atoms with Gasteiger partial charge in [-0.15, -0.1) is 0 Å². The van der Waals surface area contributed by atoms with Gasteiger partial charge in [0, 0.05) is 17.3 Å². The van der Waals surface area contributed by atoms with E-state index < -0.39 is 0 Å². The number of hydrazone groups is 1. The van der Waals surface area contributed by atoms with E-state index in [1.165, 1.54) is 0 Å². The van der Waals surface area contributed by atoms with Crippen molar-refractivity contribution in [2.75, 3.05) is 6.61 Å². The molecule has 0 aliphatic rings. The first kappa shape index (κ1) is 16.5. The van der Waals surface area contributed by atoms with E-state index in [1.54, 1.807) is 12.3 Å². The SMILES string of the molecule is C=CCOc1ccccc1/C=N/NC(=O)Cn1ccc2ccccc21. The lowest BCUT2D eigenvalue weighted by Crippen LogP contribution is -2.22. The number of para-hydroxylation sites is 2. The van der Waals surface area contributed by atoms with Crippen LogP contribution in [0.3, 0.4) is 0 Å². The minimum atomic E-state index is -0.193. The third-order valence-corrected chi connectivity index (χ3v) is 3.66. The molecule has 3 aromatic rings. The van der Waals surface area contributed by atoms with Gasteiger partial charge in [-0.3, -0.25) is 4.79 Å². The molecular weight excluding hydrogens is 314 g/mol. The molecule has 0 aliphatic heterocycles. The first-order valence-corrected chi connectivity index (χ1v) is 7.96. The van der Waals surface area contributed by atoms with Crippen molar-refractivity contribution in [2.24, 2.45) is 5.10 Å². The molecular formula is C20H19N3O2. The van der Waals surface area contributed by atoms with Gasteiger partial charge in [-0.2, -0.15) is 5.10 Å². The lowest BCUT2D eigenvalue weighted by Gasteiger charge is -2.06. The summed E-state index contributed by atoms with van der Waals surface area (Å²) in [5.74, 6) is 0.499. The van der Waals surface area contributed by atoms with E-state index in [-0.39, 0.29) is 12.5 Å². The fourth-order valence-electron chi connectivity index (χ4n) is 2.51. The molecule has 0 unspecified atom stereocenters. The second kappa shape index (κ2) is 7.97. The maximum Gasteiger partial charge on any atom is 0.259 e. The van der Waals surface area contributed by atoms with Crippen molar-refractivity contribution in [1.82, 2.24) is 9.99 Å². The molecule has 0 aliphatic carbocycles. The van der Waals surface area contributed by atoms with Crippen LogP contribution in [-0.4, -0.2) is 23.3 Å². The number of ether oxygens (including phenoxy) is 1. The third kappa shape index (κ3) is 4.14. The molecule has 1 aromatic heterocycles. The van der Waals surface area contributed by atoms with E-state index in [4.69, 9.17) is 4.74 Å². The summed E-state index contributed by atoms with van der Waals surface area (Å²) in [6, 6.07) is 17.4. The normalized spacial score (nSPS) is 10.9. The number of carbonyl (C=O) groups excluding carboxylic acids is 1. The van der Waals surface area contributed by atoms with Crippen LogP contribution in [0.2, 0.25) is 0 Å². The molecule has 5 heteroatoms.